The largest absolute Gasteiger partial charge is 0.444 e. The summed E-state index contributed by atoms with van der Waals surface area (Å²) in [5, 5.41) is 2.64. The van der Waals surface area contributed by atoms with Crippen molar-refractivity contribution in [3.63, 3.8) is 0 Å². The molecule has 0 aliphatic rings. The minimum Gasteiger partial charge on any atom is -0.444 e. The van der Waals surface area contributed by atoms with Gasteiger partial charge in [-0.05, 0) is 32.4 Å². The van der Waals surface area contributed by atoms with Crippen molar-refractivity contribution in [2.75, 3.05) is 6.54 Å². The van der Waals surface area contributed by atoms with Crippen molar-refractivity contribution in [2.24, 2.45) is 0 Å². The molecule has 1 aromatic heterocycles. The van der Waals surface area contributed by atoms with E-state index >= 15 is 0 Å². The Labute approximate surface area is 102 Å². The second kappa shape index (κ2) is 6.03. The Morgan fingerprint density at radius 2 is 2.29 bits per heavy atom. The molecular formula is C13H18N2O2. The summed E-state index contributed by atoms with van der Waals surface area (Å²) >= 11 is 0. The van der Waals surface area contributed by atoms with Crippen LogP contribution in [0.4, 0.5) is 4.79 Å². The molecule has 0 radical (unpaired) electrons. The van der Waals surface area contributed by atoms with E-state index in [4.69, 9.17) is 4.74 Å². The van der Waals surface area contributed by atoms with Crippen LogP contribution in [-0.4, -0.2) is 23.2 Å². The zero-order valence-electron chi connectivity index (χ0n) is 10.4. The molecular weight excluding hydrogens is 216 g/mol. The third-order valence-electron chi connectivity index (χ3n) is 1.76. The lowest BCUT2D eigenvalue weighted by molar-refractivity contribution is 0.0534. The molecule has 0 bridgehead atoms. The van der Waals surface area contributed by atoms with Crippen molar-refractivity contribution in [3.8, 4) is 0 Å². The fraction of sp³-hybridized carbons (Fsp3) is 0.385. The summed E-state index contributed by atoms with van der Waals surface area (Å²) in [5.41, 5.74) is 0.537. The number of hydrogen-bond acceptors (Lipinski definition) is 3. The van der Waals surface area contributed by atoms with Gasteiger partial charge in [0.15, 0.2) is 0 Å². The number of rotatable bonds is 3. The van der Waals surface area contributed by atoms with Crippen molar-refractivity contribution in [3.05, 3.63) is 36.2 Å². The first kappa shape index (κ1) is 13.2. The molecule has 0 atom stereocenters. The van der Waals surface area contributed by atoms with Crippen LogP contribution in [-0.2, 0) is 4.74 Å². The van der Waals surface area contributed by atoms with Crippen LogP contribution in [0.15, 0.2) is 30.6 Å². The summed E-state index contributed by atoms with van der Waals surface area (Å²) in [5.74, 6) is 0. The zero-order valence-corrected chi connectivity index (χ0v) is 10.4. The number of carbonyl (C=O) groups is 1. The van der Waals surface area contributed by atoms with Crippen molar-refractivity contribution >= 4 is 12.2 Å². The first-order valence-corrected chi connectivity index (χ1v) is 5.51. The van der Waals surface area contributed by atoms with Gasteiger partial charge in [-0.3, -0.25) is 4.98 Å². The maximum absolute atomic E-state index is 11.3. The molecule has 17 heavy (non-hydrogen) atoms. The minimum absolute atomic E-state index is 0.409. The summed E-state index contributed by atoms with van der Waals surface area (Å²) in [4.78, 5) is 15.3. The van der Waals surface area contributed by atoms with E-state index < -0.39 is 11.7 Å². The molecule has 0 unspecified atom stereocenters. The van der Waals surface area contributed by atoms with Gasteiger partial charge in [0.2, 0.25) is 0 Å². The third kappa shape index (κ3) is 6.35. The Hall–Kier alpha value is -1.84. The number of nitrogens with zero attached hydrogens (tertiary/aromatic N) is 1. The highest BCUT2D eigenvalue weighted by Gasteiger charge is 2.14. The standard InChI is InChI=1S/C13H18N2O2/c1-13(2,3)17-12(16)15-9-5-7-11-6-4-8-14-10-11/h4-8,10H,9H2,1-3H3,(H,15,16). The molecule has 0 saturated carbocycles. The van der Waals surface area contributed by atoms with Crippen LogP contribution in [0.25, 0.3) is 6.08 Å². The van der Waals surface area contributed by atoms with E-state index in [1.165, 1.54) is 0 Å². The first-order chi connectivity index (χ1) is 7.97. The molecule has 1 heterocycles. The molecule has 0 saturated heterocycles. The Balaban J connectivity index is 2.29. The number of nitrogens with one attached hydrogen (secondary N) is 1. The average molecular weight is 234 g/mol. The number of carbonyl (C=O) groups excluding carboxylic acids is 1. The second-order valence-electron chi connectivity index (χ2n) is 4.57. The SMILES string of the molecule is CC(C)(C)OC(=O)NCC=Cc1cccnc1. The summed E-state index contributed by atoms with van der Waals surface area (Å²) in [6, 6.07) is 3.80. The van der Waals surface area contributed by atoms with Crippen LogP contribution in [0.3, 0.4) is 0 Å². The molecule has 0 aliphatic carbocycles. The van der Waals surface area contributed by atoms with E-state index in [1.54, 1.807) is 12.4 Å². The van der Waals surface area contributed by atoms with E-state index in [1.807, 2.05) is 45.1 Å². The zero-order chi connectivity index (χ0) is 12.7. The topological polar surface area (TPSA) is 51.2 Å². The van der Waals surface area contributed by atoms with E-state index in [2.05, 4.69) is 10.3 Å². The predicted molar refractivity (Wildman–Crippen MR) is 67.5 cm³/mol. The predicted octanol–water partition coefficient (Wildman–Crippen LogP) is 2.62. The van der Waals surface area contributed by atoms with Crippen molar-refractivity contribution in [1.29, 1.82) is 0 Å². The molecule has 0 aromatic carbocycles. The Morgan fingerprint density at radius 3 is 2.88 bits per heavy atom. The minimum atomic E-state index is -0.461. The van der Waals surface area contributed by atoms with E-state index in [9.17, 15) is 4.79 Å². The molecule has 0 fully saturated rings. The second-order valence-corrected chi connectivity index (χ2v) is 4.57. The molecule has 4 heteroatoms. The number of hydrogen-bond donors (Lipinski definition) is 1. The van der Waals surface area contributed by atoms with Gasteiger partial charge >= 0.3 is 6.09 Å². The molecule has 0 aliphatic heterocycles. The van der Waals surface area contributed by atoms with Gasteiger partial charge in [0, 0.05) is 18.9 Å². The van der Waals surface area contributed by atoms with Crippen LogP contribution in [0.2, 0.25) is 0 Å². The summed E-state index contributed by atoms with van der Waals surface area (Å²) in [6.45, 7) is 5.93. The maximum Gasteiger partial charge on any atom is 0.407 e. The van der Waals surface area contributed by atoms with E-state index in [0.717, 1.165) is 5.56 Å². The van der Waals surface area contributed by atoms with Crippen LogP contribution >= 0.6 is 0 Å². The van der Waals surface area contributed by atoms with Gasteiger partial charge in [-0.1, -0.05) is 18.2 Å². The molecule has 1 aromatic rings. The quantitative estimate of drug-likeness (QED) is 0.874. The van der Waals surface area contributed by atoms with Gasteiger partial charge in [0.1, 0.15) is 5.60 Å². The molecule has 0 spiro atoms. The molecule has 1 rings (SSSR count). The van der Waals surface area contributed by atoms with Crippen LogP contribution in [0.1, 0.15) is 26.3 Å². The Bertz CT molecular complexity index is 380. The molecule has 92 valence electrons. The Kier molecular flexibility index (Phi) is 4.69. The molecule has 4 nitrogen and oxygen atoms in total. The lowest BCUT2D eigenvalue weighted by Crippen LogP contribution is -2.32. The maximum atomic E-state index is 11.3. The van der Waals surface area contributed by atoms with Crippen LogP contribution < -0.4 is 5.32 Å². The number of pyridine rings is 1. The smallest absolute Gasteiger partial charge is 0.407 e. The van der Waals surface area contributed by atoms with E-state index in [-0.39, 0.29) is 0 Å². The van der Waals surface area contributed by atoms with Crippen molar-refractivity contribution in [1.82, 2.24) is 10.3 Å². The summed E-state index contributed by atoms with van der Waals surface area (Å²) < 4.78 is 5.09. The number of ether oxygens (including phenoxy) is 1. The molecule has 1 amide bonds. The van der Waals surface area contributed by atoms with Gasteiger partial charge in [-0.15, -0.1) is 0 Å². The highest BCUT2D eigenvalue weighted by atomic mass is 16.6. The van der Waals surface area contributed by atoms with Gasteiger partial charge in [-0.25, -0.2) is 4.79 Å². The van der Waals surface area contributed by atoms with Crippen LogP contribution in [0, 0.1) is 0 Å². The third-order valence-corrected chi connectivity index (χ3v) is 1.76. The lowest BCUT2D eigenvalue weighted by Gasteiger charge is -2.19. The molecule has 1 N–H and O–H groups in total. The Morgan fingerprint density at radius 1 is 1.53 bits per heavy atom. The fourth-order valence-corrected chi connectivity index (χ4v) is 1.13. The monoisotopic (exact) mass is 234 g/mol. The van der Waals surface area contributed by atoms with Gasteiger partial charge in [-0.2, -0.15) is 0 Å². The van der Waals surface area contributed by atoms with Crippen molar-refractivity contribution in [2.45, 2.75) is 26.4 Å². The first-order valence-electron chi connectivity index (χ1n) is 5.51. The fourth-order valence-electron chi connectivity index (χ4n) is 1.13. The van der Waals surface area contributed by atoms with E-state index in [0.29, 0.717) is 6.54 Å². The highest BCUT2D eigenvalue weighted by Crippen LogP contribution is 2.06. The van der Waals surface area contributed by atoms with Gasteiger partial charge in [0.25, 0.3) is 0 Å². The number of amides is 1. The van der Waals surface area contributed by atoms with Gasteiger partial charge in [0.05, 0.1) is 0 Å². The number of alkyl carbamates (subject to hydrolysis) is 1. The number of aromatic nitrogens is 1. The van der Waals surface area contributed by atoms with Crippen LogP contribution in [0.5, 0.6) is 0 Å². The summed E-state index contributed by atoms with van der Waals surface area (Å²) in [6.07, 6.45) is 6.80. The van der Waals surface area contributed by atoms with Gasteiger partial charge < -0.3 is 10.1 Å². The lowest BCUT2D eigenvalue weighted by atomic mass is 10.2. The normalized spacial score (nSPS) is 11.5. The average Bonchev–Trinajstić information content (AvgIpc) is 2.23. The highest BCUT2D eigenvalue weighted by molar-refractivity contribution is 5.68. The summed E-state index contributed by atoms with van der Waals surface area (Å²) in [7, 11) is 0. The van der Waals surface area contributed by atoms with Crippen molar-refractivity contribution < 1.29 is 9.53 Å².